The summed E-state index contributed by atoms with van der Waals surface area (Å²) in [6, 6.07) is 4.12. The third-order valence-corrected chi connectivity index (χ3v) is 2.53. The summed E-state index contributed by atoms with van der Waals surface area (Å²) in [4.78, 5) is 24.3. The third kappa shape index (κ3) is 1.49. The number of rotatable bonds is 3. The van der Waals surface area contributed by atoms with Gasteiger partial charge in [-0.1, -0.05) is 6.07 Å². The van der Waals surface area contributed by atoms with Crippen molar-refractivity contribution in [2.24, 2.45) is 5.73 Å². The molecular weight excluding hydrogens is 211 g/mol. The lowest BCUT2D eigenvalue weighted by Crippen LogP contribution is -2.32. The molecule has 4 nitrogen and oxygen atoms in total. The van der Waals surface area contributed by atoms with Crippen LogP contribution in [-0.2, 0) is 4.79 Å². The molecule has 0 aliphatic carbocycles. The molecule has 2 rings (SSSR count). The van der Waals surface area contributed by atoms with E-state index >= 15 is 0 Å². The van der Waals surface area contributed by atoms with Crippen LogP contribution in [0.5, 0.6) is 0 Å². The van der Waals surface area contributed by atoms with E-state index in [2.05, 4.69) is 0 Å². The largest absolute Gasteiger partial charge is 0.330 e. The first kappa shape index (κ1) is 10.8. The molecule has 1 aliphatic rings. The molecule has 84 valence electrons. The molecule has 0 fully saturated rings. The number of halogens is 1. The predicted molar refractivity (Wildman–Crippen MR) is 56.8 cm³/mol. The van der Waals surface area contributed by atoms with Crippen molar-refractivity contribution in [3.8, 4) is 0 Å². The number of ketones is 1. The van der Waals surface area contributed by atoms with Crippen molar-refractivity contribution in [2.45, 2.75) is 6.42 Å². The van der Waals surface area contributed by atoms with Crippen LogP contribution in [0.15, 0.2) is 18.2 Å². The quantitative estimate of drug-likeness (QED) is 0.766. The maximum absolute atomic E-state index is 13.5. The monoisotopic (exact) mass is 222 g/mol. The highest BCUT2D eigenvalue weighted by atomic mass is 19.1. The highest BCUT2D eigenvalue weighted by molar-refractivity contribution is 6.52. The normalized spacial score (nSPS) is 14.5. The first-order valence-corrected chi connectivity index (χ1v) is 5.01. The number of para-hydroxylation sites is 1. The van der Waals surface area contributed by atoms with Gasteiger partial charge in [0.1, 0.15) is 5.82 Å². The van der Waals surface area contributed by atoms with Crippen LogP contribution in [0.2, 0.25) is 0 Å². The fourth-order valence-corrected chi connectivity index (χ4v) is 1.77. The summed E-state index contributed by atoms with van der Waals surface area (Å²) >= 11 is 0. The summed E-state index contributed by atoms with van der Waals surface area (Å²) < 4.78 is 13.5. The molecule has 1 aromatic rings. The predicted octanol–water partition coefficient (Wildman–Crippen LogP) is 0.704. The SMILES string of the molecule is NCCCN1C(=O)C(=O)c2cccc(F)c21. The van der Waals surface area contributed by atoms with Crippen molar-refractivity contribution in [1.29, 1.82) is 0 Å². The van der Waals surface area contributed by atoms with Gasteiger partial charge in [0.25, 0.3) is 11.7 Å². The minimum absolute atomic E-state index is 0.0888. The topological polar surface area (TPSA) is 63.4 Å². The van der Waals surface area contributed by atoms with E-state index in [0.29, 0.717) is 13.0 Å². The maximum atomic E-state index is 13.5. The molecule has 0 unspecified atom stereocenters. The first-order chi connectivity index (χ1) is 7.66. The van der Waals surface area contributed by atoms with Crippen molar-refractivity contribution >= 4 is 17.4 Å². The van der Waals surface area contributed by atoms with E-state index in [1.165, 1.54) is 23.1 Å². The molecule has 2 N–H and O–H groups in total. The van der Waals surface area contributed by atoms with Crippen LogP contribution >= 0.6 is 0 Å². The van der Waals surface area contributed by atoms with Crippen LogP contribution in [-0.4, -0.2) is 24.8 Å². The number of nitrogens with two attached hydrogens (primary N) is 1. The molecule has 0 saturated heterocycles. The second-order valence-corrected chi connectivity index (χ2v) is 3.56. The number of nitrogens with zero attached hydrogens (tertiary/aromatic N) is 1. The fraction of sp³-hybridized carbons (Fsp3) is 0.273. The van der Waals surface area contributed by atoms with Crippen LogP contribution in [0.3, 0.4) is 0 Å². The van der Waals surface area contributed by atoms with Crippen LogP contribution in [0.4, 0.5) is 10.1 Å². The van der Waals surface area contributed by atoms with Gasteiger partial charge in [-0.2, -0.15) is 0 Å². The average Bonchev–Trinajstić information content (AvgIpc) is 2.52. The van der Waals surface area contributed by atoms with Crippen LogP contribution < -0.4 is 10.6 Å². The second-order valence-electron chi connectivity index (χ2n) is 3.56. The zero-order valence-electron chi connectivity index (χ0n) is 8.57. The Hall–Kier alpha value is -1.75. The molecule has 1 aromatic carbocycles. The molecule has 0 saturated carbocycles. The molecule has 0 radical (unpaired) electrons. The summed E-state index contributed by atoms with van der Waals surface area (Å²) in [5.41, 5.74) is 5.56. The van der Waals surface area contributed by atoms with E-state index in [4.69, 9.17) is 5.73 Å². The molecule has 0 atom stereocenters. The highest BCUT2D eigenvalue weighted by Crippen LogP contribution is 2.31. The van der Waals surface area contributed by atoms with E-state index in [1.54, 1.807) is 0 Å². The standard InChI is InChI=1S/C11H11FN2O2/c12-8-4-1-3-7-9(8)14(6-2-5-13)11(16)10(7)15/h1,3-4H,2,5-6,13H2. The Balaban J connectivity index is 2.43. The summed E-state index contributed by atoms with van der Waals surface area (Å²) in [5.74, 6) is -1.87. The van der Waals surface area contributed by atoms with Gasteiger partial charge < -0.3 is 10.6 Å². The van der Waals surface area contributed by atoms with Gasteiger partial charge in [0.05, 0.1) is 11.3 Å². The molecule has 0 aromatic heterocycles. The number of Topliss-reactive ketones (excluding diaryl/α,β-unsaturated/α-hetero) is 1. The van der Waals surface area contributed by atoms with E-state index < -0.39 is 17.5 Å². The average molecular weight is 222 g/mol. The minimum atomic E-state index is -0.673. The van der Waals surface area contributed by atoms with E-state index in [0.717, 1.165) is 0 Å². The lowest BCUT2D eigenvalue weighted by Gasteiger charge is -2.16. The number of carbonyl (C=O) groups is 2. The van der Waals surface area contributed by atoms with Crippen molar-refractivity contribution in [2.75, 3.05) is 18.0 Å². The molecule has 1 amide bonds. The number of anilines is 1. The second kappa shape index (κ2) is 4.02. The van der Waals surface area contributed by atoms with Crippen molar-refractivity contribution in [3.05, 3.63) is 29.6 Å². The highest BCUT2D eigenvalue weighted by Gasteiger charge is 2.37. The Morgan fingerprint density at radius 2 is 2.06 bits per heavy atom. The summed E-state index contributed by atoms with van der Waals surface area (Å²) in [5, 5.41) is 0. The molecule has 0 spiro atoms. The summed E-state index contributed by atoms with van der Waals surface area (Å²) in [7, 11) is 0. The molecule has 5 heteroatoms. The minimum Gasteiger partial charge on any atom is -0.330 e. The zero-order valence-corrected chi connectivity index (χ0v) is 8.57. The smallest absolute Gasteiger partial charge is 0.299 e. The molecular formula is C11H11FN2O2. The van der Waals surface area contributed by atoms with Gasteiger partial charge in [-0.05, 0) is 25.1 Å². The number of hydrogen-bond donors (Lipinski definition) is 1. The van der Waals surface area contributed by atoms with Crippen LogP contribution in [0.1, 0.15) is 16.8 Å². The Morgan fingerprint density at radius 1 is 1.31 bits per heavy atom. The van der Waals surface area contributed by atoms with Gasteiger partial charge in [-0.3, -0.25) is 9.59 Å². The lowest BCUT2D eigenvalue weighted by atomic mass is 10.1. The number of hydrogen-bond acceptors (Lipinski definition) is 3. The Morgan fingerprint density at radius 3 is 2.75 bits per heavy atom. The van der Waals surface area contributed by atoms with Gasteiger partial charge in [-0.25, -0.2) is 4.39 Å². The van der Waals surface area contributed by atoms with Crippen molar-refractivity contribution in [3.63, 3.8) is 0 Å². The van der Waals surface area contributed by atoms with Crippen LogP contribution in [0, 0.1) is 5.82 Å². The molecule has 16 heavy (non-hydrogen) atoms. The molecule has 1 heterocycles. The zero-order chi connectivity index (χ0) is 11.7. The third-order valence-electron chi connectivity index (χ3n) is 2.53. The maximum Gasteiger partial charge on any atom is 0.299 e. The van der Waals surface area contributed by atoms with E-state index in [9.17, 15) is 14.0 Å². The van der Waals surface area contributed by atoms with Gasteiger partial charge in [-0.15, -0.1) is 0 Å². The van der Waals surface area contributed by atoms with Crippen molar-refractivity contribution < 1.29 is 14.0 Å². The Kier molecular flexibility index (Phi) is 2.70. The first-order valence-electron chi connectivity index (χ1n) is 5.01. The summed E-state index contributed by atoms with van der Waals surface area (Å²) in [6.07, 6.45) is 0.535. The Bertz CT molecular complexity index is 459. The lowest BCUT2D eigenvalue weighted by molar-refractivity contribution is -0.114. The Labute approximate surface area is 91.8 Å². The van der Waals surface area contributed by atoms with Gasteiger partial charge in [0.2, 0.25) is 0 Å². The van der Waals surface area contributed by atoms with E-state index in [1.807, 2.05) is 0 Å². The van der Waals surface area contributed by atoms with Gasteiger partial charge in [0, 0.05) is 6.54 Å². The van der Waals surface area contributed by atoms with Gasteiger partial charge in [0.15, 0.2) is 0 Å². The fourth-order valence-electron chi connectivity index (χ4n) is 1.77. The summed E-state index contributed by atoms with van der Waals surface area (Å²) in [6.45, 7) is 0.663. The number of benzene rings is 1. The molecule has 1 aliphatic heterocycles. The number of fused-ring (bicyclic) bond motifs is 1. The van der Waals surface area contributed by atoms with Crippen molar-refractivity contribution in [1.82, 2.24) is 0 Å². The van der Waals surface area contributed by atoms with E-state index in [-0.39, 0.29) is 17.8 Å². The number of carbonyl (C=O) groups excluding carboxylic acids is 2. The number of amides is 1. The molecule has 0 bridgehead atoms. The van der Waals surface area contributed by atoms with Crippen LogP contribution in [0.25, 0.3) is 0 Å². The van der Waals surface area contributed by atoms with Gasteiger partial charge >= 0.3 is 0 Å².